The highest BCUT2D eigenvalue weighted by atomic mass is 35.5. The number of halogens is 1. The molecule has 0 fully saturated rings. The predicted molar refractivity (Wildman–Crippen MR) is 74.4 cm³/mol. The first-order valence-corrected chi connectivity index (χ1v) is 6.13. The molecule has 98 valence electrons. The van der Waals surface area contributed by atoms with Gasteiger partial charge < -0.3 is 9.84 Å². The van der Waals surface area contributed by atoms with Gasteiger partial charge >= 0.3 is 5.97 Å². The van der Waals surface area contributed by atoms with Crippen molar-refractivity contribution in [1.82, 2.24) is 0 Å². The summed E-state index contributed by atoms with van der Waals surface area (Å²) >= 11 is 6.06. The number of carbonyl (C=O) groups is 1. The summed E-state index contributed by atoms with van der Waals surface area (Å²) in [7, 11) is 0. The van der Waals surface area contributed by atoms with E-state index < -0.39 is 5.97 Å². The minimum Gasteiger partial charge on any atom is -0.478 e. The maximum atomic E-state index is 10.9. The Hall–Kier alpha value is -2.00. The molecule has 0 saturated heterocycles. The Bertz CT molecular complexity index is 635. The van der Waals surface area contributed by atoms with Crippen LogP contribution in [0.25, 0.3) is 0 Å². The molecule has 0 heterocycles. The van der Waals surface area contributed by atoms with Gasteiger partial charge in [-0.2, -0.15) is 0 Å². The first-order valence-electron chi connectivity index (χ1n) is 5.75. The SMILES string of the molecule is Cc1ccc(Cl)c(Oc2ccc(C(=O)O)cc2C)c1. The molecule has 0 unspecified atom stereocenters. The lowest BCUT2D eigenvalue weighted by atomic mass is 10.1. The summed E-state index contributed by atoms with van der Waals surface area (Å²) in [4.78, 5) is 10.9. The van der Waals surface area contributed by atoms with Crippen molar-refractivity contribution in [2.75, 3.05) is 0 Å². The highest BCUT2D eigenvalue weighted by molar-refractivity contribution is 6.32. The molecular formula is C15H13ClO3. The van der Waals surface area contributed by atoms with Crippen LogP contribution in [-0.2, 0) is 0 Å². The summed E-state index contributed by atoms with van der Waals surface area (Å²) in [6, 6.07) is 10.2. The summed E-state index contributed by atoms with van der Waals surface area (Å²) in [5.41, 5.74) is 2.02. The van der Waals surface area contributed by atoms with E-state index >= 15 is 0 Å². The molecule has 0 amide bonds. The normalized spacial score (nSPS) is 10.3. The van der Waals surface area contributed by atoms with Crippen LogP contribution in [0.2, 0.25) is 5.02 Å². The average Bonchev–Trinajstić information content (AvgIpc) is 2.36. The van der Waals surface area contributed by atoms with Gasteiger partial charge in [-0.1, -0.05) is 17.7 Å². The zero-order valence-electron chi connectivity index (χ0n) is 10.6. The molecule has 0 spiro atoms. The highest BCUT2D eigenvalue weighted by Crippen LogP contribution is 2.32. The average molecular weight is 277 g/mol. The molecule has 4 heteroatoms. The highest BCUT2D eigenvalue weighted by Gasteiger charge is 2.09. The van der Waals surface area contributed by atoms with E-state index in [0.717, 1.165) is 11.1 Å². The molecule has 0 aliphatic rings. The molecule has 0 aliphatic heterocycles. The number of benzene rings is 2. The molecule has 1 N–H and O–H groups in total. The van der Waals surface area contributed by atoms with Crippen molar-refractivity contribution in [3.63, 3.8) is 0 Å². The third kappa shape index (κ3) is 3.06. The molecule has 0 radical (unpaired) electrons. The zero-order valence-corrected chi connectivity index (χ0v) is 11.4. The van der Waals surface area contributed by atoms with Gasteiger partial charge in [0.25, 0.3) is 0 Å². The Morgan fingerprint density at radius 3 is 2.47 bits per heavy atom. The molecule has 0 bridgehead atoms. The number of rotatable bonds is 3. The lowest BCUT2D eigenvalue weighted by molar-refractivity contribution is 0.0697. The van der Waals surface area contributed by atoms with Crippen LogP contribution in [0.4, 0.5) is 0 Å². The summed E-state index contributed by atoms with van der Waals surface area (Å²) in [5, 5.41) is 9.43. The van der Waals surface area contributed by atoms with E-state index in [2.05, 4.69) is 0 Å². The van der Waals surface area contributed by atoms with Gasteiger partial charge in [0.05, 0.1) is 10.6 Å². The maximum Gasteiger partial charge on any atom is 0.335 e. The first kappa shape index (κ1) is 13.4. The van der Waals surface area contributed by atoms with Crippen molar-refractivity contribution in [1.29, 1.82) is 0 Å². The van der Waals surface area contributed by atoms with Gasteiger partial charge in [0.1, 0.15) is 11.5 Å². The van der Waals surface area contributed by atoms with Crippen LogP contribution >= 0.6 is 11.6 Å². The number of aromatic carboxylic acids is 1. The fourth-order valence-electron chi connectivity index (χ4n) is 1.70. The van der Waals surface area contributed by atoms with Crippen molar-refractivity contribution in [2.45, 2.75) is 13.8 Å². The van der Waals surface area contributed by atoms with Crippen LogP contribution in [0.15, 0.2) is 36.4 Å². The first-order chi connectivity index (χ1) is 8.97. The molecule has 3 nitrogen and oxygen atoms in total. The van der Waals surface area contributed by atoms with Crippen molar-refractivity contribution in [3.8, 4) is 11.5 Å². The Labute approximate surface area is 116 Å². The minimum absolute atomic E-state index is 0.236. The fraction of sp³-hybridized carbons (Fsp3) is 0.133. The number of hydrogen-bond donors (Lipinski definition) is 1. The van der Waals surface area contributed by atoms with Gasteiger partial charge in [-0.3, -0.25) is 0 Å². The third-order valence-electron chi connectivity index (χ3n) is 2.73. The summed E-state index contributed by atoms with van der Waals surface area (Å²) in [6.45, 7) is 3.75. The molecule has 0 aliphatic carbocycles. The quantitative estimate of drug-likeness (QED) is 0.901. The number of aryl methyl sites for hydroxylation is 2. The second-order valence-corrected chi connectivity index (χ2v) is 4.73. The topological polar surface area (TPSA) is 46.5 Å². The summed E-state index contributed by atoms with van der Waals surface area (Å²) in [6.07, 6.45) is 0. The smallest absolute Gasteiger partial charge is 0.335 e. The van der Waals surface area contributed by atoms with E-state index in [1.807, 2.05) is 19.1 Å². The molecule has 0 saturated carbocycles. The second-order valence-electron chi connectivity index (χ2n) is 4.32. The van der Waals surface area contributed by atoms with Crippen molar-refractivity contribution >= 4 is 17.6 Å². The molecule has 2 rings (SSSR count). The lowest BCUT2D eigenvalue weighted by Crippen LogP contribution is -1.97. The van der Waals surface area contributed by atoms with Crippen LogP contribution in [0.1, 0.15) is 21.5 Å². The number of ether oxygens (including phenoxy) is 1. The Morgan fingerprint density at radius 1 is 1.11 bits per heavy atom. The van der Waals surface area contributed by atoms with Crippen molar-refractivity contribution < 1.29 is 14.6 Å². The molecule has 19 heavy (non-hydrogen) atoms. The van der Waals surface area contributed by atoms with E-state index in [1.165, 1.54) is 6.07 Å². The van der Waals surface area contributed by atoms with Crippen LogP contribution in [0.3, 0.4) is 0 Å². The predicted octanol–water partition coefficient (Wildman–Crippen LogP) is 4.45. The zero-order chi connectivity index (χ0) is 14.0. The van der Waals surface area contributed by atoms with Gasteiger partial charge in [0.15, 0.2) is 0 Å². The van der Waals surface area contributed by atoms with Gasteiger partial charge in [-0.05, 0) is 55.3 Å². The monoisotopic (exact) mass is 276 g/mol. The van der Waals surface area contributed by atoms with Gasteiger partial charge in [0, 0.05) is 0 Å². The maximum absolute atomic E-state index is 10.9. The summed E-state index contributed by atoms with van der Waals surface area (Å²) < 4.78 is 5.73. The second kappa shape index (κ2) is 5.33. The number of hydrogen-bond acceptors (Lipinski definition) is 2. The molecular weight excluding hydrogens is 264 g/mol. The van der Waals surface area contributed by atoms with E-state index in [4.69, 9.17) is 21.4 Å². The minimum atomic E-state index is -0.955. The van der Waals surface area contributed by atoms with Gasteiger partial charge in [-0.15, -0.1) is 0 Å². The fourth-order valence-corrected chi connectivity index (χ4v) is 1.86. The molecule has 2 aromatic rings. The van der Waals surface area contributed by atoms with Gasteiger partial charge in [0.2, 0.25) is 0 Å². The Morgan fingerprint density at radius 2 is 1.84 bits per heavy atom. The van der Waals surface area contributed by atoms with Crippen LogP contribution < -0.4 is 4.74 Å². The van der Waals surface area contributed by atoms with E-state index in [9.17, 15) is 4.79 Å². The van der Waals surface area contributed by atoms with Crippen LogP contribution in [-0.4, -0.2) is 11.1 Å². The van der Waals surface area contributed by atoms with E-state index in [1.54, 1.807) is 25.1 Å². The van der Waals surface area contributed by atoms with Crippen LogP contribution in [0, 0.1) is 13.8 Å². The Kier molecular flexibility index (Phi) is 3.76. The number of carboxylic acid groups (broad SMARTS) is 1. The molecule has 2 aromatic carbocycles. The standard InChI is InChI=1S/C15H13ClO3/c1-9-3-5-12(16)14(7-9)19-13-6-4-11(15(17)18)8-10(13)2/h3-8H,1-2H3,(H,17,18). The number of carboxylic acids is 1. The molecule has 0 atom stereocenters. The third-order valence-corrected chi connectivity index (χ3v) is 3.04. The lowest BCUT2D eigenvalue weighted by Gasteiger charge is -2.11. The Balaban J connectivity index is 2.33. The van der Waals surface area contributed by atoms with Crippen molar-refractivity contribution in [2.24, 2.45) is 0 Å². The van der Waals surface area contributed by atoms with Crippen LogP contribution in [0.5, 0.6) is 11.5 Å². The summed E-state index contributed by atoms with van der Waals surface area (Å²) in [5.74, 6) is 0.202. The van der Waals surface area contributed by atoms with E-state index in [-0.39, 0.29) is 5.56 Å². The van der Waals surface area contributed by atoms with E-state index in [0.29, 0.717) is 16.5 Å². The van der Waals surface area contributed by atoms with Gasteiger partial charge in [-0.25, -0.2) is 4.79 Å². The van der Waals surface area contributed by atoms with Crippen molar-refractivity contribution in [3.05, 3.63) is 58.1 Å². The largest absolute Gasteiger partial charge is 0.478 e. The molecule has 0 aromatic heterocycles.